The molecule has 1 aliphatic rings. The van der Waals surface area contributed by atoms with Crippen molar-refractivity contribution in [2.45, 2.75) is 19.4 Å². The third kappa shape index (κ3) is 6.74. The Morgan fingerprint density at radius 3 is 2.96 bits per heavy atom. The zero-order valence-electron chi connectivity index (χ0n) is 13.6. The van der Waals surface area contributed by atoms with E-state index in [-0.39, 0.29) is 24.4 Å². The average Bonchev–Trinajstić information content (AvgIpc) is 2.51. The first-order chi connectivity index (χ1) is 10.7. The number of carbonyl (C=O) groups excluding carboxylic acids is 1. The van der Waals surface area contributed by atoms with Crippen LogP contribution in [-0.2, 0) is 14.3 Å². The maximum atomic E-state index is 12.2. The van der Waals surface area contributed by atoms with Gasteiger partial charge in [0.25, 0.3) is 0 Å². The molecule has 7 heteroatoms. The molecule has 0 aromatic heterocycles. The summed E-state index contributed by atoms with van der Waals surface area (Å²) in [6.07, 6.45) is 0.380. The lowest BCUT2D eigenvalue weighted by Gasteiger charge is -2.23. The van der Waals surface area contributed by atoms with E-state index in [1.165, 1.54) is 0 Å². The molecule has 1 saturated heterocycles. The monoisotopic (exact) mass is 344 g/mol. The van der Waals surface area contributed by atoms with Gasteiger partial charge in [0, 0.05) is 26.1 Å². The van der Waals surface area contributed by atoms with E-state index in [2.05, 4.69) is 10.6 Å². The maximum Gasteiger partial charge on any atom is 0.226 e. The van der Waals surface area contributed by atoms with Crippen LogP contribution in [0.1, 0.15) is 12.0 Å². The van der Waals surface area contributed by atoms with Crippen molar-refractivity contribution in [1.29, 1.82) is 0 Å². The zero-order chi connectivity index (χ0) is 15.8. The van der Waals surface area contributed by atoms with Crippen molar-refractivity contribution in [1.82, 2.24) is 5.32 Å². The van der Waals surface area contributed by atoms with Crippen molar-refractivity contribution in [3.05, 3.63) is 23.8 Å². The molecule has 0 saturated carbocycles. The normalized spacial score (nSPS) is 17.2. The highest BCUT2D eigenvalue weighted by molar-refractivity contribution is 5.92. The van der Waals surface area contributed by atoms with E-state index >= 15 is 0 Å². The van der Waals surface area contributed by atoms with Crippen molar-refractivity contribution in [2.24, 2.45) is 0 Å². The minimum Gasteiger partial charge on any atom is -0.489 e. The molecule has 1 aromatic rings. The zero-order valence-corrected chi connectivity index (χ0v) is 14.4. The standard InChI is InChI=1S/C16H24N2O4.ClH/c1-12-3-4-14(15(9-12)22-8-7-20-2)18-16(19)10-13-11-21-6-5-17-13;/h3-4,9,13,17H,5-8,10-11H2,1-2H3,(H,18,19);1H. The molecule has 1 unspecified atom stereocenters. The number of hydrogen-bond acceptors (Lipinski definition) is 5. The van der Waals surface area contributed by atoms with Crippen LogP contribution in [0.4, 0.5) is 5.69 Å². The fourth-order valence-corrected chi connectivity index (χ4v) is 2.26. The van der Waals surface area contributed by atoms with Crippen LogP contribution < -0.4 is 15.4 Å². The quantitative estimate of drug-likeness (QED) is 0.738. The second kappa shape index (κ2) is 10.4. The highest BCUT2D eigenvalue weighted by Gasteiger charge is 2.17. The fourth-order valence-electron chi connectivity index (χ4n) is 2.26. The molecule has 6 nitrogen and oxygen atoms in total. The summed E-state index contributed by atoms with van der Waals surface area (Å²) < 4.78 is 16.0. The van der Waals surface area contributed by atoms with Gasteiger partial charge in [0.05, 0.1) is 25.5 Å². The molecular weight excluding hydrogens is 320 g/mol. The van der Waals surface area contributed by atoms with Crippen LogP contribution in [0.2, 0.25) is 0 Å². The number of amides is 1. The highest BCUT2D eigenvalue weighted by Crippen LogP contribution is 2.26. The lowest BCUT2D eigenvalue weighted by Crippen LogP contribution is -2.43. The van der Waals surface area contributed by atoms with Crippen molar-refractivity contribution in [2.75, 3.05) is 45.4 Å². The predicted octanol–water partition coefficient (Wildman–Crippen LogP) is 1.76. The summed E-state index contributed by atoms with van der Waals surface area (Å²) in [4.78, 5) is 12.2. The molecule has 1 heterocycles. The van der Waals surface area contributed by atoms with Gasteiger partial charge in [0.2, 0.25) is 5.91 Å². The summed E-state index contributed by atoms with van der Waals surface area (Å²) in [6.45, 7) is 4.99. The lowest BCUT2D eigenvalue weighted by atomic mass is 10.1. The van der Waals surface area contributed by atoms with Crippen LogP contribution in [0.5, 0.6) is 5.75 Å². The Hall–Kier alpha value is -1.34. The molecule has 2 rings (SSSR count). The number of hydrogen-bond donors (Lipinski definition) is 2. The Balaban J connectivity index is 0.00000264. The first-order valence-electron chi connectivity index (χ1n) is 7.52. The van der Waals surface area contributed by atoms with Crippen molar-refractivity contribution in [3.8, 4) is 5.75 Å². The molecule has 1 atom stereocenters. The van der Waals surface area contributed by atoms with Gasteiger partial charge in [-0.2, -0.15) is 0 Å². The second-order valence-electron chi connectivity index (χ2n) is 5.32. The van der Waals surface area contributed by atoms with E-state index < -0.39 is 0 Å². The van der Waals surface area contributed by atoms with Crippen LogP contribution in [-0.4, -0.2) is 52.0 Å². The molecule has 1 aliphatic heterocycles. The van der Waals surface area contributed by atoms with Crippen LogP contribution in [0, 0.1) is 6.92 Å². The van der Waals surface area contributed by atoms with Crippen molar-refractivity contribution < 1.29 is 19.0 Å². The van der Waals surface area contributed by atoms with Gasteiger partial charge in [-0.15, -0.1) is 12.4 Å². The van der Waals surface area contributed by atoms with Crippen molar-refractivity contribution in [3.63, 3.8) is 0 Å². The molecule has 1 fully saturated rings. The average molecular weight is 345 g/mol. The molecule has 23 heavy (non-hydrogen) atoms. The molecule has 1 aromatic carbocycles. The molecule has 0 aliphatic carbocycles. The summed E-state index contributed by atoms with van der Waals surface area (Å²) in [7, 11) is 1.63. The minimum absolute atomic E-state index is 0. The Morgan fingerprint density at radius 2 is 2.26 bits per heavy atom. The van der Waals surface area contributed by atoms with Gasteiger partial charge in [-0.05, 0) is 24.6 Å². The highest BCUT2D eigenvalue weighted by atomic mass is 35.5. The van der Waals surface area contributed by atoms with E-state index in [9.17, 15) is 4.79 Å². The van der Waals surface area contributed by atoms with Gasteiger partial charge in [0.15, 0.2) is 0 Å². The molecule has 0 bridgehead atoms. The number of carbonyl (C=O) groups is 1. The predicted molar refractivity (Wildman–Crippen MR) is 91.7 cm³/mol. The van der Waals surface area contributed by atoms with E-state index in [0.717, 1.165) is 12.1 Å². The number of nitrogens with one attached hydrogen (secondary N) is 2. The Morgan fingerprint density at radius 1 is 1.43 bits per heavy atom. The number of halogens is 1. The molecule has 1 amide bonds. The number of ether oxygens (including phenoxy) is 3. The molecule has 130 valence electrons. The van der Waals surface area contributed by atoms with Gasteiger partial charge >= 0.3 is 0 Å². The third-order valence-corrected chi connectivity index (χ3v) is 3.39. The molecule has 2 N–H and O–H groups in total. The lowest BCUT2D eigenvalue weighted by molar-refractivity contribution is -0.117. The first kappa shape index (κ1) is 19.7. The van der Waals surface area contributed by atoms with Crippen LogP contribution in [0.15, 0.2) is 18.2 Å². The Kier molecular flexibility index (Phi) is 8.94. The maximum absolute atomic E-state index is 12.2. The summed E-state index contributed by atoms with van der Waals surface area (Å²) in [6, 6.07) is 5.78. The van der Waals surface area contributed by atoms with Gasteiger partial charge in [-0.3, -0.25) is 4.79 Å². The van der Waals surface area contributed by atoms with E-state index in [1.807, 2.05) is 25.1 Å². The van der Waals surface area contributed by atoms with Gasteiger partial charge < -0.3 is 24.8 Å². The van der Waals surface area contributed by atoms with Gasteiger partial charge in [-0.1, -0.05) is 6.07 Å². The third-order valence-electron chi connectivity index (χ3n) is 3.39. The van der Waals surface area contributed by atoms with Crippen LogP contribution >= 0.6 is 12.4 Å². The first-order valence-corrected chi connectivity index (χ1v) is 7.52. The number of rotatable bonds is 7. The number of methoxy groups -OCH3 is 1. The molecular formula is C16H25ClN2O4. The molecule has 0 spiro atoms. The Bertz CT molecular complexity index is 493. The number of anilines is 1. The van der Waals surface area contributed by atoms with E-state index in [4.69, 9.17) is 14.2 Å². The summed E-state index contributed by atoms with van der Waals surface area (Å²) in [5, 5.41) is 6.18. The number of morpholine rings is 1. The van der Waals surface area contributed by atoms with E-state index in [1.54, 1.807) is 7.11 Å². The SMILES string of the molecule is COCCOc1cc(C)ccc1NC(=O)CC1COCCN1.Cl. The Labute approximate surface area is 143 Å². The second-order valence-corrected chi connectivity index (χ2v) is 5.32. The summed E-state index contributed by atoms with van der Waals surface area (Å²) >= 11 is 0. The smallest absolute Gasteiger partial charge is 0.226 e. The number of benzene rings is 1. The summed E-state index contributed by atoms with van der Waals surface area (Å²) in [5.74, 6) is 0.613. The summed E-state index contributed by atoms with van der Waals surface area (Å²) in [5.41, 5.74) is 1.76. The van der Waals surface area contributed by atoms with Gasteiger partial charge in [-0.25, -0.2) is 0 Å². The van der Waals surface area contributed by atoms with E-state index in [0.29, 0.717) is 44.3 Å². The fraction of sp³-hybridized carbons (Fsp3) is 0.562. The topological polar surface area (TPSA) is 68.8 Å². The number of aryl methyl sites for hydroxylation is 1. The molecule has 0 radical (unpaired) electrons. The van der Waals surface area contributed by atoms with Crippen molar-refractivity contribution >= 4 is 24.0 Å². The van der Waals surface area contributed by atoms with Gasteiger partial charge in [0.1, 0.15) is 12.4 Å². The van der Waals surface area contributed by atoms with Crippen LogP contribution in [0.3, 0.4) is 0 Å². The minimum atomic E-state index is -0.0524. The van der Waals surface area contributed by atoms with Crippen LogP contribution in [0.25, 0.3) is 0 Å². The largest absolute Gasteiger partial charge is 0.489 e.